The van der Waals surface area contributed by atoms with Gasteiger partial charge in [-0.25, -0.2) is 4.98 Å². The van der Waals surface area contributed by atoms with Crippen molar-refractivity contribution >= 4 is 35.3 Å². The van der Waals surface area contributed by atoms with Gasteiger partial charge in [0.25, 0.3) is 0 Å². The number of hydrogen-bond donors (Lipinski definition) is 2. The normalized spacial score (nSPS) is 11.7. The molecule has 0 saturated carbocycles. The molecule has 3 aromatic rings. The molecule has 1 atom stereocenters. The number of anilines is 1. The van der Waals surface area contributed by atoms with Gasteiger partial charge in [-0.15, -0.1) is 12.4 Å². The first-order chi connectivity index (χ1) is 12.7. The van der Waals surface area contributed by atoms with Crippen molar-refractivity contribution in [3.63, 3.8) is 0 Å². The zero-order valence-electron chi connectivity index (χ0n) is 15.2. The summed E-state index contributed by atoms with van der Waals surface area (Å²) < 4.78 is 12.3. The Morgan fingerprint density at radius 2 is 1.89 bits per heavy atom. The predicted molar refractivity (Wildman–Crippen MR) is 108 cm³/mol. The van der Waals surface area contributed by atoms with E-state index in [4.69, 9.17) is 15.2 Å². The van der Waals surface area contributed by atoms with Crippen LogP contribution in [0.1, 0.15) is 6.42 Å². The Balaban J connectivity index is 0.00000261. The van der Waals surface area contributed by atoms with Gasteiger partial charge in [0.1, 0.15) is 5.75 Å². The number of fused-ring (bicyclic) bond motifs is 1. The molecular formula is C19H23ClN4O3. The zero-order chi connectivity index (χ0) is 18.5. The number of nitrogens with two attached hydrogens (primary N) is 1. The molecule has 1 amide bonds. The summed E-state index contributed by atoms with van der Waals surface area (Å²) in [6, 6.07) is 15.3. The van der Waals surface area contributed by atoms with Crippen molar-refractivity contribution in [3.05, 3.63) is 48.5 Å². The minimum atomic E-state index is -0.325. The molecule has 7 nitrogen and oxygen atoms in total. The van der Waals surface area contributed by atoms with Gasteiger partial charge in [0.05, 0.1) is 30.7 Å². The minimum Gasteiger partial charge on any atom is -0.497 e. The summed E-state index contributed by atoms with van der Waals surface area (Å²) in [5.41, 5.74) is 8.16. The largest absolute Gasteiger partial charge is 0.497 e. The van der Waals surface area contributed by atoms with Crippen LogP contribution >= 0.6 is 12.4 Å². The summed E-state index contributed by atoms with van der Waals surface area (Å²) in [6.07, 6.45) is -0.160. The lowest BCUT2D eigenvalue weighted by Gasteiger charge is -2.14. The van der Waals surface area contributed by atoms with Crippen LogP contribution in [0.15, 0.2) is 48.5 Å². The molecule has 0 saturated heterocycles. The topological polar surface area (TPSA) is 91.4 Å². The number of carbonyl (C=O) groups is 1. The number of para-hydroxylation sites is 2. The van der Waals surface area contributed by atoms with E-state index in [0.717, 1.165) is 22.5 Å². The molecule has 1 aromatic heterocycles. The summed E-state index contributed by atoms with van der Waals surface area (Å²) in [5.74, 6) is 1.01. The molecule has 0 spiro atoms. The number of amides is 1. The minimum absolute atomic E-state index is 0. The number of nitrogens with zero attached hydrogens (tertiary/aromatic N) is 2. The highest BCUT2D eigenvalue weighted by Crippen LogP contribution is 2.26. The number of rotatable bonds is 7. The third-order valence-electron chi connectivity index (χ3n) is 4.15. The highest BCUT2D eigenvalue weighted by atomic mass is 35.5. The van der Waals surface area contributed by atoms with Gasteiger partial charge in [0, 0.05) is 19.3 Å². The van der Waals surface area contributed by atoms with Gasteiger partial charge < -0.3 is 15.2 Å². The summed E-state index contributed by atoms with van der Waals surface area (Å²) >= 11 is 0. The first-order valence-electron chi connectivity index (χ1n) is 8.31. The number of methoxy groups -OCH3 is 2. The van der Waals surface area contributed by atoms with Crippen LogP contribution in [0.4, 0.5) is 5.95 Å². The molecule has 27 heavy (non-hydrogen) atoms. The summed E-state index contributed by atoms with van der Waals surface area (Å²) in [6.45, 7) is 0.277. The van der Waals surface area contributed by atoms with Crippen molar-refractivity contribution in [2.45, 2.75) is 12.5 Å². The van der Waals surface area contributed by atoms with E-state index in [1.807, 2.05) is 53.1 Å². The number of ether oxygens (including phenoxy) is 2. The smallest absolute Gasteiger partial charge is 0.229 e. The average Bonchev–Trinajstić information content (AvgIpc) is 3.03. The third-order valence-corrected chi connectivity index (χ3v) is 4.15. The van der Waals surface area contributed by atoms with E-state index in [-0.39, 0.29) is 37.4 Å². The number of hydrogen-bond acceptors (Lipinski definition) is 5. The maximum Gasteiger partial charge on any atom is 0.229 e. The van der Waals surface area contributed by atoms with Gasteiger partial charge >= 0.3 is 0 Å². The quantitative estimate of drug-likeness (QED) is 0.647. The number of aromatic nitrogens is 2. The first-order valence-corrected chi connectivity index (χ1v) is 8.31. The number of benzene rings is 2. The van der Waals surface area contributed by atoms with Crippen LogP contribution in [0, 0.1) is 0 Å². The predicted octanol–water partition coefficient (Wildman–Crippen LogP) is 2.76. The van der Waals surface area contributed by atoms with Gasteiger partial charge in [-0.2, -0.15) is 0 Å². The Bertz CT molecular complexity index is 892. The molecule has 144 valence electrons. The Morgan fingerprint density at radius 3 is 2.52 bits per heavy atom. The van der Waals surface area contributed by atoms with Crippen molar-refractivity contribution < 1.29 is 14.3 Å². The van der Waals surface area contributed by atoms with Gasteiger partial charge in [-0.3, -0.25) is 14.7 Å². The lowest BCUT2D eigenvalue weighted by Crippen LogP contribution is -2.28. The van der Waals surface area contributed by atoms with Gasteiger partial charge in [0.2, 0.25) is 11.9 Å². The van der Waals surface area contributed by atoms with Crippen LogP contribution in [0.25, 0.3) is 16.7 Å². The standard InChI is InChI=1S/C19H22N4O3.ClH/c1-25-14-9-7-13(8-10-14)23-17-6-4-3-5-16(17)21-19(23)22-18(24)11-15(12-20)26-2;/h3-10,15H,11-12,20H2,1-2H3,(H,21,22,24);1H. The number of imidazole rings is 1. The molecule has 3 rings (SSSR count). The van der Waals surface area contributed by atoms with E-state index >= 15 is 0 Å². The average molecular weight is 391 g/mol. The summed E-state index contributed by atoms with van der Waals surface area (Å²) in [7, 11) is 3.16. The second-order valence-corrected chi connectivity index (χ2v) is 5.80. The summed E-state index contributed by atoms with van der Waals surface area (Å²) in [4.78, 5) is 16.9. The number of carbonyl (C=O) groups excluding carboxylic acids is 1. The fraction of sp³-hybridized carbons (Fsp3) is 0.263. The molecule has 0 aliphatic rings. The van der Waals surface area contributed by atoms with E-state index in [0.29, 0.717) is 5.95 Å². The monoisotopic (exact) mass is 390 g/mol. The van der Waals surface area contributed by atoms with Gasteiger partial charge in [-0.05, 0) is 36.4 Å². The second-order valence-electron chi connectivity index (χ2n) is 5.80. The van der Waals surface area contributed by atoms with E-state index < -0.39 is 0 Å². The van der Waals surface area contributed by atoms with Crippen LogP contribution in [-0.2, 0) is 9.53 Å². The zero-order valence-corrected chi connectivity index (χ0v) is 16.0. The number of nitrogens with one attached hydrogen (secondary N) is 1. The van der Waals surface area contributed by atoms with Crippen molar-refractivity contribution in [3.8, 4) is 11.4 Å². The van der Waals surface area contributed by atoms with Crippen LogP contribution in [-0.4, -0.2) is 42.3 Å². The third kappa shape index (κ3) is 4.57. The van der Waals surface area contributed by atoms with E-state index in [1.54, 1.807) is 7.11 Å². The number of halogens is 1. The van der Waals surface area contributed by atoms with Crippen LogP contribution in [0.3, 0.4) is 0 Å². The molecule has 0 radical (unpaired) electrons. The van der Waals surface area contributed by atoms with E-state index in [2.05, 4.69) is 10.3 Å². The maximum absolute atomic E-state index is 12.4. The molecule has 1 unspecified atom stereocenters. The van der Waals surface area contributed by atoms with Crippen LogP contribution < -0.4 is 15.8 Å². The molecule has 3 N–H and O–H groups in total. The first kappa shape index (κ1) is 20.7. The van der Waals surface area contributed by atoms with Crippen molar-refractivity contribution in [2.75, 3.05) is 26.1 Å². The van der Waals surface area contributed by atoms with E-state index in [9.17, 15) is 4.79 Å². The van der Waals surface area contributed by atoms with Crippen molar-refractivity contribution in [1.29, 1.82) is 0 Å². The lowest BCUT2D eigenvalue weighted by atomic mass is 10.2. The maximum atomic E-state index is 12.4. The van der Waals surface area contributed by atoms with Gasteiger partial charge in [-0.1, -0.05) is 12.1 Å². The van der Waals surface area contributed by atoms with Gasteiger partial charge in [0.15, 0.2) is 0 Å². The Labute approximate surface area is 163 Å². The molecule has 0 aliphatic carbocycles. The van der Waals surface area contributed by atoms with Crippen LogP contribution in [0.2, 0.25) is 0 Å². The molecular weight excluding hydrogens is 368 g/mol. The molecule has 2 aromatic carbocycles. The molecule has 8 heteroatoms. The van der Waals surface area contributed by atoms with Crippen molar-refractivity contribution in [2.24, 2.45) is 5.73 Å². The van der Waals surface area contributed by atoms with Crippen LogP contribution in [0.5, 0.6) is 5.75 Å². The fourth-order valence-corrected chi connectivity index (χ4v) is 2.75. The SMILES string of the molecule is COc1ccc(-n2c(NC(=O)CC(CN)OC)nc3ccccc32)cc1.Cl. The second kappa shape index (κ2) is 9.36. The summed E-state index contributed by atoms with van der Waals surface area (Å²) in [5, 5.41) is 2.87. The van der Waals surface area contributed by atoms with Crippen molar-refractivity contribution in [1.82, 2.24) is 9.55 Å². The highest BCUT2D eigenvalue weighted by Gasteiger charge is 2.17. The molecule has 0 bridgehead atoms. The highest BCUT2D eigenvalue weighted by molar-refractivity contribution is 5.92. The Kier molecular flexibility index (Phi) is 7.18. The Hall–Kier alpha value is -2.61. The molecule has 1 heterocycles. The fourth-order valence-electron chi connectivity index (χ4n) is 2.75. The Morgan fingerprint density at radius 1 is 1.19 bits per heavy atom. The lowest BCUT2D eigenvalue weighted by molar-refractivity contribution is -0.118. The molecule has 0 fully saturated rings. The van der Waals surface area contributed by atoms with E-state index in [1.165, 1.54) is 7.11 Å². The molecule has 0 aliphatic heterocycles.